The molecular formula is C18H29ClN4O7S2. The number of hydrazone groups is 1. The van der Waals surface area contributed by atoms with Crippen molar-refractivity contribution in [3.63, 3.8) is 0 Å². The van der Waals surface area contributed by atoms with E-state index >= 15 is 0 Å². The Labute approximate surface area is 193 Å². The van der Waals surface area contributed by atoms with Crippen LogP contribution in [0, 0.1) is 5.92 Å². The van der Waals surface area contributed by atoms with Crippen molar-refractivity contribution in [3.8, 4) is 0 Å². The summed E-state index contributed by atoms with van der Waals surface area (Å²) >= 11 is 6.28. The minimum Gasteiger partial charge on any atom is -0.285 e. The van der Waals surface area contributed by atoms with Crippen molar-refractivity contribution in [1.82, 2.24) is 5.01 Å². The molecule has 32 heavy (non-hydrogen) atoms. The van der Waals surface area contributed by atoms with E-state index in [0.717, 1.165) is 0 Å². The molecule has 1 aliphatic heterocycles. The molecule has 1 heterocycles. The summed E-state index contributed by atoms with van der Waals surface area (Å²) in [6, 6.07) is -2.37. The second kappa shape index (κ2) is 9.61. The minimum atomic E-state index is -4.40. The van der Waals surface area contributed by atoms with E-state index in [1.54, 1.807) is 6.92 Å². The van der Waals surface area contributed by atoms with E-state index in [1.165, 1.54) is 5.01 Å². The monoisotopic (exact) mass is 512 g/mol. The van der Waals surface area contributed by atoms with E-state index in [1.807, 2.05) is 6.92 Å². The summed E-state index contributed by atoms with van der Waals surface area (Å²) in [5.41, 5.74) is 0.356. The first-order chi connectivity index (χ1) is 14.8. The summed E-state index contributed by atoms with van der Waals surface area (Å²) in [6.45, 7) is 3.52. The van der Waals surface area contributed by atoms with Gasteiger partial charge in [-0.2, -0.15) is 32.2 Å². The predicted molar refractivity (Wildman–Crippen MR) is 118 cm³/mol. The first kappa shape index (κ1) is 25.5. The zero-order valence-corrected chi connectivity index (χ0v) is 20.3. The number of alkyl halides is 1. The Bertz CT molecular complexity index is 1000. The Balaban J connectivity index is 1.76. The SMILES string of the molecule is CCC1CC(N=NC2C(=O)N(C3CCCC(S(=O)(=O)O)C3)N=C2C)C(S(=O)(=O)O)CC1Cl. The maximum Gasteiger partial charge on any atom is 0.275 e. The quantitative estimate of drug-likeness (QED) is 0.312. The Morgan fingerprint density at radius 1 is 1.09 bits per heavy atom. The first-order valence-corrected chi connectivity index (χ1v) is 14.1. The van der Waals surface area contributed by atoms with Gasteiger partial charge in [-0.3, -0.25) is 13.9 Å². The molecule has 0 radical (unpaired) electrons. The fourth-order valence-electron chi connectivity index (χ4n) is 4.78. The molecule has 0 saturated heterocycles. The van der Waals surface area contributed by atoms with Crippen molar-refractivity contribution in [1.29, 1.82) is 0 Å². The summed E-state index contributed by atoms with van der Waals surface area (Å²) < 4.78 is 65.8. The molecule has 7 atom stereocenters. The Morgan fingerprint density at radius 3 is 2.38 bits per heavy atom. The number of hydrogen-bond donors (Lipinski definition) is 2. The summed E-state index contributed by atoms with van der Waals surface area (Å²) in [4.78, 5) is 13.0. The number of rotatable bonds is 6. The lowest BCUT2D eigenvalue weighted by Gasteiger charge is -2.34. The second-order valence-corrected chi connectivity index (χ2v) is 12.7. The fraction of sp³-hybridized carbons (Fsp3) is 0.889. The molecule has 0 spiro atoms. The summed E-state index contributed by atoms with van der Waals surface area (Å²) in [5, 5.41) is 11.1. The molecule has 0 aromatic heterocycles. The molecule has 182 valence electrons. The van der Waals surface area contributed by atoms with Crippen LogP contribution in [0.1, 0.15) is 58.8 Å². The highest BCUT2D eigenvalue weighted by Gasteiger charge is 2.44. The smallest absolute Gasteiger partial charge is 0.275 e. The third kappa shape index (κ3) is 5.49. The Morgan fingerprint density at radius 2 is 1.78 bits per heavy atom. The maximum absolute atomic E-state index is 13.0. The Hall–Kier alpha value is -1.15. The lowest BCUT2D eigenvalue weighted by atomic mass is 9.83. The highest BCUT2D eigenvalue weighted by atomic mass is 35.5. The van der Waals surface area contributed by atoms with Crippen molar-refractivity contribution < 1.29 is 30.7 Å². The van der Waals surface area contributed by atoms with Gasteiger partial charge in [-0.15, -0.1) is 11.6 Å². The number of carbonyl (C=O) groups excluding carboxylic acids is 1. The van der Waals surface area contributed by atoms with Crippen molar-refractivity contribution in [2.45, 2.75) is 92.8 Å². The first-order valence-electron chi connectivity index (χ1n) is 10.7. The molecule has 7 unspecified atom stereocenters. The van der Waals surface area contributed by atoms with Crippen LogP contribution >= 0.6 is 11.6 Å². The largest absolute Gasteiger partial charge is 0.285 e. The molecule has 2 aliphatic carbocycles. The predicted octanol–water partition coefficient (Wildman–Crippen LogP) is 2.28. The average Bonchev–Trinajstić information content (AvgIpc) is 2.99. The molecule has 2 saturated carbocycles. The van der Waals surface area contributed by atoms with Crippen LogP contribution in [0.15, 0.2) is 15.3 Å². The molecule has 11 nitrogen and oxygen atoms in total. The number of halogens is 1. The van der Waals surface area contributed by atoms with Gasteiger partial charge in [0.05, 0.1) is 23.0 Å². The number of azo groups is 1. The summed E-state index contributed by atoms with van der Waals surface area (Å²) in [5.74, 6) is -0.475. The number of carbonyl (C=O) groups is 1. The lowest BCUT2D eigenvalue weighted by Crippen LogP contribution is -2.44. The van der Waals surface area contributed by atoms with E-state index in [0.29, 0.717) is 37.8 Å². The van der Waals surface area contributed by atoms with Gasteiger partial charge < -0.3 is 0 Å². The van der Waals surface area contributed by atoms with Crippen molar-refractivity contribution in [2.24, 2.45) is 21.2 Å². The van der Waals surface area contributed by atoms with Crippen molar-refractivity contribution >= 4 is 43.5 Å². The van der Waals surface area contributed by atoms with Crippen molar-refractivity contribution in [3.05, 3.63) is 0 Å². The van der Waals surface area contributed by atoms with Gasteiger partial charge in [0.15, 0.2) is 6.04 Å². The van der Waals surface area contributed by atoms with Crippen LogP contribution in [-0.4, -0.2) is 76.6 Å². The van der Waals surface area contributed by atoms with Crippen LogP contribution in [0.3, 0.4) is 0 Å². The summed E-state index contributed by atoms with van der Waals surface area (Å²) in [7, 11) is -8.61. The number of nitrogens with zero attached hydrogens (tertiary/aromatic N) is 4. The third-order valence-electron chi connectivity index (χ3n) is 6.67. The standard InChI is InChI=1S/C18H29ClN4O7S2/c1-3-11-7-15(16(9-14(11)19)32(28,29)30)20-21-17-10(2)22-23(18(17)24)12-5-4-6-13(8-12)31(25,26)27/h11-17H,3-9H2,1-2H3,(H,25,26,27)(H,28,29,30). The van der Waals surface area contributed by atoms with E-state index in [-0.39, 0.29) is 18.8 Å². The zero-order chi connectivity index (χ0) is 23.8. The molecule has 3 aliphatic rings. The molecule has 0 bridgehead atoms. The van der Waals surface area contributed by atoms with Gasteiger partial charge in [-0.05, 0) is 51.4 Å². The van der Waals surface area contributed by atoms with E-state index in [9.17, 15) is 30.7 Å². The van der Waals surface area contributed by atoms with E-state index in [2.05, 4.69) is 15.3 Å². The number of hydrogen-bond acceptors (Lipinski definition) is 8. The third-order valence-corrected chi connectivity index (χ3v) is 9.74. The molecule has 3 rings (SSSR count). The van der Waals surface area contributed by atoms with Gasteiger partial charge in [0.1, 0.15) is 5.25 Å². The van der Waals surface area contributed by atoms with Crippen LogP contribution in [-0.2, 0) is 25.0 Å². The molecule has 1 amide bonds. The molecule has 2 fully saturated rings. The topological polar surface area (TPSA) is 166 Å². The van der Waals surface area contributed by atoms with Crippen LogP contribution in [0.2, 0.25) is 0 Å². The average molecular weight is 513 g/mol. The van der Waals surface area contributed by atoms with Gasteiger partial charge in [0.2, 0.25) is 0 Å². The van der Waals surface area contributed by atoms with Crippen molar-refractivity contribution in [2.75, 3.05) is 0 Å². The highest BCUT2D eigenvalue weighted by molar-refractivity contribution is 7.86. The van der Waals surface area contributed by atoms with Crippen LogP contribution in [0.4, 0.5) is 0 Å². The van der Waals surface area contributed by atoms with Crippen LogP contribution in [0.5, 0.6) is 0 Å². The van der Waals surface area contributed by atoms with Gasteiger partial charge in [0, 0.05) is 5.38 Å². The van der Waals surface area contributed by atoms with Gasteiger partial charge in [-0.1, -0.05) is 13.3 Å². The maximum atomic E-state index is 13.0. The molecule has 0 aromatic carbocycles. The van der Waals surface area contributed by atoms with E-state index in [4.69, 9.17) is 11.6 Å². The van der Waals surface area contributed by atoms with Gasteiger partial charge in [0.25, 0.3) is 26.1 Å². The minimum absolute atomic E-state index is 0.00348. The van der Waals surface area contributed by atoms with Crippen LogP contribution < -0.4 is 0 Å². The molecule has 0 aromatic rings. The fourth-order valence-corrected chi connectivity index (χ4v) is 7.30. The summed E-state index contributed by atoms with van der Waals surface area (Å²) in [6.07, 6.45) is 2.54. The van der Waals surface area contributed by atoms with Gasteiger partial charge in [-0.25, -0.2) is 5.01 Å². The van der Waals surface area contributed by atoms with E-state index < -0.39 is 60.1 Å². The van der Waals surface area contributed by atoms with Gasteiger partial charge >= 0.3 is 0 Å². The Kier molecular flexibility index (Phi) is 7.65. The second-order valence-electron chi connectivity index (χ2n) is 8.79. The van der Waals surface area contributed by atoms with Crippen LogP contribution in [0.25, 0.3) is 0 Å². The highest BCUT2D eigenvalue weighted by Crippen LogP contribution is 2.36. The zero-order valence-electron chi connectivity index (χ0n) is 17.9. The lowest BCUT2D eigenvalue weighted by molar-refractivity contribution is -0.132. The normalized spacial score (nSPS) is 37.2. The molecule has 14 heteroatoms. The number of amides is 1. The molecule has 2 N–H and O–H groups in total. The molecular weight excluding hydrogens is 484 g/mol.